The van der Waals surface area contributed by atoms with Crippen molar-refractivity contribution in [3.8, 4) is 17.2 Å². The van der Waals surface area contributed by atoms with Crippen LogP contribution in [0.2, 0.25) is 5.02 Å². The molecule has 0 aliphatic rings. The van der Waals surface area contributed by atoms with E-state index < -0.39 is 4.92 Å². The molecular formula is C20H24ClN3O5. The van der Waals surface area contributed by atoms with Crippen LogP contribution >= 0.6 is 11.6 Å². The second kappa shape index (κ2) is 11.1. The average molecular weight is 422 g/mol. The minimum atomic E-state index is -0.494. The topological polar surface area (TPSA) is 95.2 Å². The zero-order chi connectivity index (χ0) is 21.2. The highest BCUT2D eigenvalue weighted by Gasteiger charge is 2.22. The fraction of sp³-hybridized carbons (Fsp3) is 0.350. The summed E-state index contributed by atoms with van der Waals surface area (Å²) in [6.45, 7) is 2.46. The van der Waals surface area contributed by atoms with Crippen LogP contribution in [0.25, 0.3) is 0 Å². The summed E-state index contributed by atoms with van der Waals surface area (Å²) in [6, 6.07) is 8.14. The predicted molar refractivity (Wildman–Crippen MR) is 114 cm³/mol. The van der Waals surface area contributed by atoms with Crippen LogP contribution in [0.5, 0.6) is 17.2 Å². The van der Waals surface area contributed by atoms with Crippen LogP contribution in [0.15, 0.2) is 35.4 Å². The molecule has 0 aliphatic heterocycles. The smallest absolute Gasteiger partial charge is 0.315 e. The molecule has 0 spiro atoms. The van der Waals surface area contributed by atoms with Gasteiger partial charge in [-0.25, -0.2) is 0 Å². The monoisotopic (exact) mass is 421 g/mol. The maximum absolute atomic E-state index is 11.5. The van der Waals surface area contributed by atoms with Gasteiger partial charge in [0.05, 0.1) is 42.7 Å². The summed E-state index contributed by atoms with van der Waals surface area (Å²) in [5, 5.41) is 16.1. The number of hydrazone groups is 1. The molecule has 2 rings (SSSR count). The summed E-state index contributed by atoms with van der Waals surface area (Å²) < 4.78 is 16.0. The molecule has 0 aliphatic carbocycles. The minimum Gasteiger partial charge on any atom is -0.495 e. The number of hydrogen-bond donors (Lipinski definition) is 1. The molecule has 156 valence electrons. The number of nitrogens with one attached hydrogen (secondary N) is 1. The van der Waals surface area contributed by atoms with Gasteiger partial charge in [0.1, 0.15) is 5.75 Å². The molecule has 0 saturated heterocycles. The predicted octanol–water partition coefficient (Wildman–Crippen LogP) is 5.28. The van der Waals surface area contributed by atoms with Gasteiger partial charge < -0.3 is 14.2 Å². The van der Waals surface area contributed by atoms with E-state index in [1.165, 1.54) is 26.5 Å². The molecule has 29 heavy (non-hydrogen) atoms. The second-order valence-corrected chi connectivity index (χ2v) is 6.51. The van der Waals surface area contributed by atoms with E-state index in [0.717, 1.165) is 19.3 Å². The molecule has 0 fully saturated rings. The van der Waals surface area contributed by atoms with Crippen LogP contribution in [-0.2, 0) is 0 Å². The number of anilines is 1. The van der Waals surface area contributed by atoms with Gasteiger partial charge in [0.15, 0.2) is 5.75 Å². The highest BCUT2D eigenvalue weighted by atomic mass is 35.5. The van der Waals surface area contributed by atoms with Gasteiger partial charge in [-0.3, -0.25) is 15.5 Å². The van der Waals surface area contributed by atoms with Gasteiger partial charge in [0.2, 0.25) is 5.75 Å². The Hall–Kier alpha value is -3.00. The minimum absolute atomic E-state index is 0.126. The number of halogens is 1. The number of nitro benzene ring substituents is 1. The second-order valence-electron chi connectivity index (χ2n) is 6.10. The fourth-order valence-electron chi connectivity index (χ4n) is 2.56. The first-order valence-electron chi connectivity index (χ1n) is 9.12. The number of unbranched alkanes of at least 4 members (excludes halogenated alkanes) is 2. The van der Waals surface area contributed by atoms with E-state index in [1.807, 2.05) is 0 Å². The molecule has 8 nitrogen and oxygen atoms in total. The van der Waals surface area contributed by atoms with E-state index in [2.05, 4.69) is 17.5 Å². The van der Waals surface area contributed by atoms with E-state index in [0.29, 0.717) is 28.6 Å². The Morgan fingerprint density at radius 2 is 1.93 bits per heavy atom. The summed E-state index contributed by atoms with van der Waals surface area (Å²) in [5.74, 6) is 0.960. The summed E-state index contributed by atoms with van der Waals surface area (Å²) in [4.78, 5) is 11.0. The molecule has 0 aromatic heterocycles. The molecule has 9 heteroatoms. The summed E-state index contributed by atoms with van der Waals surface area (Å²) in [6.07, 6.45) is 4.29. The number of ether oxygens (including phenoxy) is 3. The molecule has 0 atom stereocenters. The van der Waals surface area contributed by atoms with Crippen molar-refractivity contribution in [3.05, 3.63) is 51.0 Å². The standard InChI is InChI=1S/C20H24ClN3O5/c1-4-5-6-9-29-20-17(24(25)26)10-14(11-19(20)28-3)13-22-23-15-7-8-18(27-2)16(21)12-15/h7-8,10-13,23H,4-6,9H2,1-3H3/b22-13+. The molecule has 0 saturated carbocycles. The lowest BCUT2D eigenvalue weighted by Gasteiger charge is -2.11. The van der Waals surface area contributed by atoms with Crippen LogP contribution in [-0.4, -0.2) is 32.0 Å². The van der Waals surface area contributed by atoms with Crippen LogP contribution in [0.3, 0.4) is 0 Å². The Labute approximate surface area is 174 Å². The van der Waals surface area contributed by atoms with Gasteiger partial charge in [-0.05, 0) is 30.7 Å². The van der Waals surface area contributed by atoms with Crippen molar-refractivity contribution in [2.24, 2.45) is 5.10 Å². The van der Waals surface area contributed by atoms with E-state index in [4.69, 9.17) is 25.8 Å². The van der Waals surface area contributed by atoms with Crippen molar-refractivity contribution in [2.75, 3.05) is 26.3 Å². The molecule has 0 radical (unpaired) electrons. The molecular weight excluding hydrogens is 398 g/mol. The number of nitrogens with zero attached hydrogens (tertiary/aromatic N) is 2. The highest BCUT2D eigenvalue weighted by Crippen LogP contribution is 2.38. The highest BCUT2D eigenvalue weighted by molar-refractivity contribution is 6.32. The van der Waals surface area contributed by atoms with Gasteiger partial charge in [-0.15, -0.1) is 0 Å². The third kappa shape index (κ3) is 6.25. The molecule has 0 bridgehead atoms. The van der Waals surface area contributed by atoms with Crippen LogP contribution in [0.4, 0.5) is 11.4 Å². The van der Waals surface area contributed by atoms with Gasteiger partial charge >= 0.3 is 5.69 Å². The molecule has 2 aromatic carbocycles. The van der Waals surface area contributed by atoms with Crippen molar-refractivity contribution in [1.29, 1.82) is 0 Å². The lowest BCUT2D eigenvalue weighted by atomic mass is 10.2. The number of benzene rings is 2. The first-order valence-corrected chi connectivity index (χ1v) is 9.49. The van der Waals surface area contributed by atoms with Gasteiger partial charge in [-0.2, -0.15) is 5.10 Å². The van der Waals surface area contributed by atoms with Crippen LogP contribution < -0.4 is 19.6 Å². The van der Waals surface area contributed by atoms with Gasteiger partial charge in [-0.1, -0.05) is 31.4 Å². The third-order valence-corrected chi connectivity index (χ3v) is 4.32. The number of nitro groups is 1. The SMILES string of the molecule is CCCCCOc1c(OC)cc(/C=N/Nc2ccc(OC)c(Cl)c2)cc1[N+](=O)[O-]. The fourth-order valence-corrected chi connectivity index (χ4v) is 2.82. The number of rotatable bonds is 11. The van der Waals surface area contributed by atoms with Crippen molar-refractivity contribution in [2.45, 2.75) is 26.2 Å². The van der Waals surface area contributed by atoms with E-state index in [-0.39, 0.29) is 17.2 Å². The zero-order valence-corrected chi connectivity index (χ0v) is 17.4. The molecule has 2 aromatic rings. The Morgan fingerprint density at radius 3 is 2.55 bits per heavy atom. The van der Waals surface area contributed by atoms with Crippen molar-refractivity contribution >= 4 is 29.2 Å². The van der Waals surface area contributed by atoms with E-state index >= 15 is 0 Å². The van der Waals surface area contributed by atoms with Crippen molar-refractivity contribution < 1.29 is 19.1 Å². The molecule has 0 unspecified atom stereocenters. The Bertz CT molecular complexity index is 873. The van der Waals surface area contributed by atoms with Crippen molar-refractivity contribution in [3.63, 3.8) is 0 Å². The number of hydrogen-bond acceptors (Lipinski definition) is 7. The Kier molecular flexibility index (Phi) is 8.54. The van der Waals surface area contributed by atoms with Gasteiger partial charge in [0, 0.05) is 11.6 Å². The molecule has 1 N–H and O–H groups in total. The first kappa shape index (κ1) is 22.3. The average Bonchev–Trinajstić information content (AvgIpc) is 2.71. The maximum atomic E-state index is 11.5. The van der Waals surface area contributed by atoms with E-state index in [9.17, 15) is 10.1 Å². The summed E-state index contributed by atoms with van der Waals surface area (Å²) >= 11 is 6.08. The quantitative estimate of drug-likeness (QED) is 0.229. The number of methoxy groups -OCH3 is 2. The zero-order valence-electron chi connectivity index (χ0n) is 16.6. The van der Waals surface area contributed by atoms with Gasteiger partial charge in [0.25, 0.3) is 0 Å². The Balaban J connectivity index is 2.19. The third-order valence-electron chi connectivity index (χ3n) is 4.03. The van der Waals surface area contributed by atoms with Crippen LogP contribution in [0, 0.1) is 10.1 Å². The molecule has 0 heterocycles. The van der Waals surface area contributed by atoms with Crippen molar-refractivity contribution in [1.82, 2.24) is 0 Å². The normalized spacial score (nSPS) is 10.8. The molecule has 0 amide bonds. The summed E-state index contributed by atoms with van der Waals surface area (Å²) in [5.41, 5.74) is 3.78. The maximum Gasteiger partial charge on any atom is 0.315 e. The lowest BCUT2D eigenvalue weighted by molar-refractivity contribution is -0.386. The van der Waals surface area contributed by atoms with E-state index in [1.54, 1.807) is 24.3 Å². The first-order chi connectivity index (χ1) is 14.0. The van der Waals surface area contributed by atoms with Crippen LogP contribution in [0.1, 0.15) is 31.7 Å². The largest absolute Gasteiger partial charge is 0.495 e. The lowest BCUT2D eigenvalue weighted by Crippen LogP contribution is -2.04. The Morgan fingerprint density at radius 1 is 1.17 bits per heavy atom. The summed E-state index contributed by atoms with van der Waals surface area (Å²) in [7, 11) is 2.97.